The van der Waals surface area contributed by atoms with E-state index in [0.717, 1.165) is 25.7 Å². The van der Waals surface area contributed by atoms with Crippen molar-refractivity contribution in [2.75, 3.05) is 0 Å². The first-order valence-corrected chi connectivity index (χ1v) is 12.2. The zero-order valence-corrected chi connectivity index (χ0v) is 18.9. The van der Waals surface area contributed by atoms with Crippen LogP contribution in [0.3, 0.4) is 0 Å². The largest absolute Gasteiger partial charge is 0.294 e. The van der Waals surface area contributed by atoms with Crippen LogP contribution in [-0.2, 0) is 4.79 Å². The lowest BCUT2D eigenvalue weighted by molar-refractivity contribution is -0.132. The minimum absolute atomic E-state index is 0.0983. The molecular formula is C24H50N2O. The van der Waals surface area contributed by atoms with Gasteiger partial charge in [-0.05, 0) is 19.3 Å². The molecule has 0 heterocycles. The normalized spacial score (nSPS) is 11.7. The van der Waals surface area contributed by atoms with Gasteiger partial charge in [0.1, 0.15) is 0 Å². The van der Waals surface area contributed by atoms with E-state index >= 15 is 0 Å². The average molecular weight is 383 g/mol. The molecule has 0 saturated heterocycles. The topological polar surface area (TPSA) is 55.1 Å². The van der Waals surface area contributed by atoms with E-state index in [-0.39, 0.29) is 11.3 Å². The zero-order chi connectivity index (χ0) is 20.2. The fraction of sp³-hybridized carbons (Fsp3) is 0.958. The van der Waals surface area contributed by atoms with Crippen molar-refractivity contribution in [3.05, 3.63) is 0 Å². The molecule has 0 atom stereocenters. The van der Waals surface area contributed by atoms with Gasteiger partial charge in [-0.1, -0.05) is 124 Å². The van der Waals surface area contributed by atoms with E-state index in [1.807, 2.05) is 0 Å². The monoisotopic (exact) mass is 382 g/mol. The van der Waals surface area contributed by atoms with Crippen LogP contribution in [0.1, 0.15) is 143 Å². The van der Waals surface area contributed by atoms with Crippen LogP contribution in [0.5, 0.6) is 0 Å². The van der Waals surface area contributed by atoms with Gasteiger partial charge in [-0.15, -0.1) is 0 Å². The van der Waals surface area contributed by atoms with E-state index in [2.05, 4.69) is 26.2 Å². The number of amides is 1. The molecule has 0 aliphatic rings. The minimum atomic E-state index is -0.224. The van der Waals surface area contributed by atoms with Crippen molar-refractivity contribution in [1.29, 1.82) is 0 Å². The highest BCUT2D eigenvalue weighted by molar-refractivity contribution is 5.81. The third kappa shape index (κ3) is 13.3. The molecule has 0 aromatic carbocycles. The van der Waals surface area contributed by atoms with E-state index < -0.39 is 0 Å². The molecule has 0 rings (SSSR count). The number of carbonyl (C=O) groups excluding carboxylic acids is 1. The molecule has 0 bridgehead atoms. The maximum Gasteiger partial charge on any atom is 0.240 e. The molecule has 0 aliphatic carbocycles. The van der Waals surface area contributed by atoms with Crippen molar-refractivity contribution in [1.82, 2.24) is 5.43 Å². The maximum absolute atomic E-state index is 12.8. The van der Waals surface area contributed by atoms with Gasteiger partial charge in [-0.25, -0.2) is 5.84 Å². The molecule has 0 unspecified atom stereocenters. The Labute approximate surface area is 170 Å². The second-order valence-electron chi connectivity index (χ2n) is 8.60. The van der Waals surface area contributed by atoms with Crippen LogP contribution < -0.4 is 11.3 Å². The van der Waals surface area contributed by atoms with Crippen molar-refractivity contribution >= 4 is 5.91 Å². The molecule has 0 spiro atoms. The van der Waals surface area contributed by atoms with Gasteiger partial charge in [0.25, 0.3) is 0 Å². The Morgan fingerprint density at radius 1 is 0.593 bits per heavy atom. The Kier molecular flexibility index (Phi) is 18.4. The van der Waals surface area contributed by atoms with Gasteiger partial charge in [-0.3, -0.25) is 10.2 Å². The molecule has 3 N–H and O–H groups in total. The van der Waals surface area contributed by atoms with E-state index in [9.17, 15) is 4.79 Å². The summed E-state index contributed by atoms with van der Waals surface area (Å²) in [6, 6.07) is 0. The van der Waals surface area contributed by atoms with Crippen LogP contribution in [-0.4, -0.2) is 5.91 Å². The third-order valence-corrected chi connectivity index (χ3v) is 6.14. The second kappa shape index (κ2) is 18.8. The molecule has 162 valence electrons. The number of nitrogens with one attached hydrogen (secondary N) is 1. The number of carbonyl (C=O) groups is 1. The number of hydrogen-bond donors (Lipinski definition) is 2. The Bertz CT molecular complexity index is 314. The molecule has 27 heavy (non-hydrogen) atoms. The van der Waals surface area contributed by atoms with Gasteiger partial charge in [0, 0.05) is 0 Å². The molecule has 3 heteroatoms. The summed E-state index contributed by atoms with van der Waals surface area (Å²) in [5.41, 5.74) is 2.31. The molecule has 0 fully saturated rings. The van der Waals surface area contributed by atoms with Crippen molar-refractivity contribution in [2.45, 2.75) is 143 Å². The molecule has 0 aliphatic heterocycles. The molecule has 0 aromatic heterocycles. The van der Waals surface area contributed by atoms with E-state index in [0.29, 0.717) is 0 Å². The zero-order valence-electron chi connectivity index (χ0n) is 18.9. The van der Waals surface area contributed by atoms with Gasteiger partial charge >= 0.3 is 0 Å². The first-order valence-electron chi connectivity index (χ1n) is 12.2. The fourth-order valence-corrected chi connectivity index (χ4v) is 4.25. The van der Waals surface area contributed by atoms with Crippen LogP contribution >= 0.6 is 0 Å². The van der Waals surface area contributed by atoms with Crippen LogP contribution in [0, 0.1) is 5.41 Å². The molecule has 0 saturated carbocycles. The molecule has 3 nitrogen and oxygen atoms in total. The van der Waals surface area contributed by atoms with E-state index in [4.69, 9.17) is 5.84 Å². The smallest absolute Gasteiger partial charge is 0.240 e. The van der Waals surface area contributed by atoms with Crippen LogP contribution in [0.4, 0.5) is 0 Å². The van der Waals surface area contributed by atoms with E-state index in [1.165, 1.54) is 96.3 Å². The SMILES string of the molecule is CCCCCCCCC(CCCCCC)(CCCCCCCC)C(=O)NN. The first-order chi connectivity index (χ1) is 13.2. The van der Waals surface area contributed by atoms with E-state index in [1.54, 1.807) is 0 Å². The van der Waals surface area contributed by atoms with Gasteiger partial charge in [0.05, 0.1) is 5.41 Å². The predicted octanol–water partition coefficient (Wildman–Crippen LogP) is 7.43. The van der Waals surface area contributed by atoms with Crippen LogP contribution in [0.2, 0.25) is 0 Å². The fourth-order valence-electron chi connectivity index (χ4n) is 4.25. The Morgan fingerprint density at radius 3 is 1.22 bits per heavy atom. The summed E-state index contributed by atoms with van der Waals surface area (Å²) in [5, 5.41) is 0. The summed E-state index contributed by atoms with van der Waals surface area (Å²) in [5.74, 6) is 5.73. The number of nitrogens with two attached hydrogens (primary N) is 1. The van der Waals surface area contributed by atoms with Crippen LogP contribution in [0.25, 0.3) is 0 Å². The quantitative estimate of drug-likeness (QED) is 0.0995. The van der Waals surface area contributed by atoms with Gasteiger partial charge in [0.15, 0.2) is 0 Å². The lowest BCUT2D eigenvalue weighted by atomic mass is 9.73. The third-order valence-electron chi connectivity index (χ3n) is 6.14. The Morgan fingerprint density at radius 2 is 0.889 bits per heavy atom. The summed E-state index contributed by atoms with van der Waals surface area (Å²) < 4.78 is 0. The minimum Gasteiger partial charge on any atom is -0.294 e. The van der Waals surface area contributed by atoms with Gasteiger partial charge in [-0.2, -0.15) is 0 Å². The average Bonchev–Trinajstić information content (AvgIpc) is 2.69. The second-order valence-corrected chi connectivity index (χ2v) is 8.60. The van der Waals surface area contributed by atoms with Crippen molar-refractivity contribution < 1.29 is 4.79 Å². The number of rotatable bonds is 20. The molecule has 1 amide bonds. The number of hydrazine groups is 1. The van der Waals surface area contributed by atoms with Crippen molar-refractivity contribution in [3.63, 3.8) is 0 Å². The molecule has 0 aromatic rings. The summed E-state index contributed by atoms with van der Waals surface area (Å²) >= 11 is 0. The molecular weight excluding hydrogens is 332 g/mol. The highest BCUT2D eigenvalue weighted by Gasteiger charge is 2.36. The Hall–Kier alpha value is -0.570. The number of hydrogen-bond acceptors (Lipinski definition) is 2. The lowest BCUT2D eigenvalue weighted by Crippen LogP contribution is -2.44. The summed E-state index contributed by atoms with van der Waals surface area (Å²) in [6.07, 6.45) is 23.3. The van der Waals surface area contributed by atoms with Crippen LogP contribution in [0.15, 0.2) is 0 Å². The predicted molar refractivity (Wildman–Crippen MR) is 120 cm³/mol. The summed E-state index contributed by atoms with van der Waals surface area (Å²) in [7, 11) is 0. The first kappa shape index (κ1) is 26.4. The van der Waals surface area contributed by atoms with Gasteiger partial charge in [0.2, 0.25) is 5.91 Å². The highest BCUT2D eigenvalue weighted by Crippen LogP contribution is 2.37. The van der Waals surface area contributed by atoms with Crippen molar-refractivity contribution in [3.8, 4) is 0 Å². The highest BCUT2D eigenvalue weighted by atomic mass is 16.2. The summed E-state index contributed by atoms with van der Waals surface area (Å²) in [6.45, 7) is 6.76. The van der Waals surface area contributed by atoms with Crippen molar-refractivity contribution in [2.24, 2.45) is 11.3 Å². The maximum atomic E-state index is 12.8. The summed E-state index contributed by atoms with van der Waals surface area (Å²) in [4.78, 5) is 12.8. The number of unbranched alkanes of at least 4 members (excludes halogenated alkanes) is 13. The standard InChI is InChI=1S/C24H50N2O/c1-4-7-10-13-15-18-21-24(23(27)26-25,20-17-12-9-6-3)22-19-16-14-11-8-5-2/h4-22,25H2,1-3H3,(H,26,27). The molecule has 0 radical (unpaired) electrons. The lowest BCUT2D eigenvalue weighted by Gasteiger charge is -2.32. The van der Waals surface area contributed by atoms with Gasteiger partial charge < -0.3 is 0 Å². The Balaban J connectivity index is 4.62.